The van der Waals surface area contributed by atoms with E-state index in [0.29, 0.717) is 0 Å². The molecule has 5 aromatic rings. The minimum Gasteiger partial charge on any atom is -0.289 e. The summed E-state index contributed by atoms with van der Waals surface area (Å²) in [7, 11) is 0. The van der Waals surface area contributed by atoms with E-state index in [0.717, 1.165) is 32.7 Å². The van der Waals surface area contributed by atoms with Crippen molar-refractivity contribution in [2.75, 3.05) is 0 Å². The van der Waals surface area contributed by atoms with Crippen molar-refractivity contribution in [1.82, 2.24) is 0 Å². The van der Waals surface area contributed by atoms with Gasteiger partial charge >= 0.3 is 0 Å². The molecular weight excluding hydrogens is 352 g/mol. The molecule has 0 spiro atoms. The number of carbonyl (C=O) groups excluding carboxylic acids is 1. The molecule has 0 saturated heterocycles. The summed E-state index contributed by atoms with van der Waals surface area (Å²) < 4.78 is 0. The van der Waals surface area contributed by atoms with Crippen LogP contribution in [0.15, 0.2) is 103 Å². The maximum atomic E-state index is 13.2. The van der Waals surface area contributed by atoms with Crippen LogP contribution in [-0.4, -0.2) is 5.78 Å². The van der Waals surface area contributed by atoms with Gasteiger partial charge in [0.2, 0.25) is 0 Å². The van der Waals surface area contributed by atoms with Crippen LogP contribution in [-0.2, 0) is 0 Å². The lowest BCUT2D eigenvalue weighted by atomic mass is 9.94. The fourth-order valence-corrected chi connectivity index (χ4v) is 3.85. The molecule has 0 aromatic heterocycles. The van der Waals surface area contributed by atoms with Crippen molar-refractivity contribution in [1.29, 1.82) is 0 Å². The van der Waals surface area contributed by atoms with Crippen LogP contribution >= 0.6 is 0 Å². The minimum atomic E-state index is 0. The zero-order valence-electron chi connectivity index (χ0n) is 15.3. The van der Waals surface area contributed by atoms with Gasteiger partial charge in [-0.25, -0.2) is 0 Å². The normalized spacial score (nSPS) is 11.2. The van der Waals surface area contributed by atoms with E-state index in [1.807, 2.05) is 60.7 Å². The van der Waals surface area contributed by atoms with E-state index >= 15 is 0 Å². The van der Waals surface area contributed by atoms with E-state index in [2.05, 4.69) is 42.5 Å². The molecule has 5 rings (SSSR count). The molecule has 140 valence electrons. The summed E-state index contributed by atoms with van der Waals surface area (Å²) in [6.07, 6.45) is 3.60. The summed E-state index contributed by atoms with van der Waals surface area (Å²) in [5.74, 6) is 0.0289. The highest BCUT2D eigenvalue weighted by Gasteiger charge is 2.12. The average molecular weight is 374 g/mol. The first-order valence-corrected chi connectivity index (χ1v) is 9.41. The zero-order valence-corrected chi connectivity index (χ0v) is 15.3. The highest BCUT2D eigenvalue weighted by molar-refractivity contribution is 6.23. The van der Waals surface area contributed by atoms with Crippen molar-refractivity contribution in [3.05, 3.63) is 114 Å². The lowest BCUT2D eigenvalue weighted by Gasteiger charge is -2.09. The van der Waals surface area contributed by atoms with Crippen molar-refractivity contribution < 1.29 is 4.79 Å². The fourth-order valence-electron chi connectivity index (χ4n) is 3.85. The number of benzene rings is 5. The molecule has 0 aliphatic rings. The van der Waals surface area contributed by atoms with E-state index in [-0.39, 0.29) is 13.2 Å². The molecule has 0 fully saturated rings. The van der Waals surface area contributed by atoms with Crippen LogP contribution in [0.25, 0.3) is 38.4 Å². The number of allylic oxidation sites excluding steroid dienone is 1. The fraction of sp³-hybridized carbons (Fsp3) is 0.0357. The molecule has 0 aliphatic carbocycles. The number of carbonyl (C=O) groups is 1. The smallest absolute Gasteiger partial charge is 0.187 e. The van der Waals surface area contributed by atoms with Gasteiger partial charge in [0, 0.05) is 5.56 Å². The largest absolute Gasteiger partial charge is 0.289 e. The first-order chi connectivity index (χ1) is 13.8. The second kappa shape index (κ2) is 7.73. The lowest BCUT2D eigenvalue weighted by Crippen LogP contribution is -1.98. The maximum absolute atomic E-state index is 13.2. The van der Waals surface area contributed by atoms with Crippen molar-refractivity contribution in [2.45, 2.75) is 7.43 Å². The van der Waals surface area contributed by atoms with Gasteiger partial charge < -0.3 is 0 Å². The summed E-state index contributed by atoms with van der Waals surface area (Å²) >= 11 is 0. The van der Waals surface area contributed by atoms with Crippen LogP contribution < -0.4 is 0 Å². The van der Waals surface area contributed by atoms with Gasteiger partial charge in [-0.05, 0) is 56.1 Å². The predicted octanol–water partition coefficient (Wildman–Crippen LogP) is 7.68. The summed E-state index contributed by atoms with van der Waals surface area (Å²) in [5, 5.41) is 6.54. The monoisotopic (exact) mass is 374 g/mol. The Balaban J connectivity index is 0.00000205. The molecule has 0 bridgehead atoms. The second-order valence-corrected chi connectivity index (χ2v) is 7.00. The maximum Gasteiger partial charge on any atom is 0.187 e. The van der Waals surface area contributed by atoms with Gasteiger partial charge in [-0.3, -0.25) is 4.79 Å². The first-order valence-electron chi connectivity index (χ1n) is 9.41. The quantitative estimate of drug-likeness (QED) is 0.180. The molecule has 0 saturated carbocycles. The van der Waals surface area contributed by atoms with Crippen LogP contribution in [0.5, 0.6) is 0 Å². The van der Waals surface area contributed by atoms with E-state index in [9.17, 15) is 4.79 Å². The van der Waals surface area contributed by atoms with Crippen LogP contribution in [0.2, 0.25) is 0 Å². The van der Waals surface area contributed by atoms with Crippen molar-refractivity contribution in [3.63, 3.8) is 0 Å². The van der Waals surface area contributed by atoms with Crippen LogP contribution in [0.3, 0.4) is 0 Å². The number of hydrogen-bond donors (Lipinski definition) is 0. The Labute approximate surface area is 170 Å². The highest BCUT2D eigenvalue weighted by atomic mass is 16.1. The minimum absolute atomic E-state index is 0. The topological polar surface area (TPSA) is 17.1 Å². The standard InChI is InChI=1S/C27H18O.CH4/c28-26(16-14-19-13-15-20-7-1-2-8-21(20)17-19)27-24-11-5-3-9-22(24)18-23-10-4-6-12-25(23)27;/h1-18H;1H4/b16-14+;. The summed E-state index contributed by atoms with van der Waals surface area (Å²) in [5.41, 5.74) is 1.79. The molecule has 0 unspecified atom stereocenters. The van der Waals surface area contributed by atoms with E-state index in [1.54, 1.807) is 6.08 Å². The molecule has 0 radical (unpaired) electrons. The SMILES string of the molecule is C.O=C(/C=C/c1ccc2ccccc2c1)c1c2ccccc2cc2ccccc12. The Hall–Kier alpha value is -3.71. The number of hydrogen-bond acceptors (Lipinski definition) is 1. The lowest BCUT2D eigenvalue weighted by molar-refractivity contribution is 0.105. The highest BCUT2D eigenvalue weighted by Crippen LogP contribution is 2.29. The van der Waals surface area contributed by atoms with Crippen molar-refractivity contribution in [3.8, 4) is 0 Å². The molecule has 5 aromatic carbocycles. The molecule has 0 heterocycles. The van der Waals surface area contributed by atoms with Gasteiger partial charge in [0.15, 0.2) is 5.78 Å². The van der Waals surface area contributed by atoms with Gasteiger partial charge in [-0.1, -0.05) is 98.4 Å². The van der Waals surface area contributed by atoms with Gasteiger partial charge in [0.25, 0.3) is 0 Å². The molecule has 0 atom stereocenters. The van der Waals surface area contributed by atoms with E-state index in [4.69, 9.17) is 0 Å². The second-order valence-electron chi connectivity index (χ2n) is 7.00. The Morgan fingerprint density at radius 1 is 0.586 bits per heavy atom. The van der Waals surface area contributed by atoms with Crippen LogP contribution in [0, 0.1) is 0 Å². The van der Waals surface area contributed by atoms with Gasteiger partial charge in [-0.15, -0.1) is 0 Å². The van der Waals surface area contributed by atoms with Gasteiger partial charge in [0.05, 0.1) is 0 Å². The molecule has 0 N–H and O–H groups in total. The molecule has 29 heavy (non-hydrogen) atoms. The molecule has 0 aliphatic heterocycles. The summed E-state index contributed by atoms with van der Waals surface area (Å²) in [4.78, 5) is 13.2. The summed E-state index contributed by atoms with van der Waals surface area (Å²) in [6, 6.07) is 32.8. The van der Waals surface area contributed by atoms with Crippen LogP contribution in [0.1, 0.15) is 23.3 Å². The molecule has 0 amide bonds. The van der Waals surface area contributed by atoms with E-state index < -0.39 is 0 Å². The van der Waals surface area contributed by atoms with Crippen molar-refractivity contribution >= 4 is 44.2 Å². The molecule has 1 nitrogen and oxygen atoms in total. The third-order valence-corrected chi connectivity index (χ3v) is 5.22. The number of ketones is 1. The predicted molar refractivity (Wildman–Crippen MR) is 125 cm³/mol. The zero-order chi connectivity index (χ0) is 18.9. The summed E-state index contributed by atoms with van der Waals surface area (Å²) in [6.45, 7) is 0. The van der Waals surface area contributed by atoms with Gasteiger partial charge in [0.1, 0.15) is 0 Å². The van der Waals surface area contributed by atoms with E-state index in [1.165, 1.54) is 10.8 Å². The Morgan fingerprint density at radius 2 is 1.14 bits per heavy atom. The van der Waals surface area contributed by atoms with Crippen LogP contribution in [0.4, 0.5) is 0 Å². The Bertz CT molecular complexity index is 1320. The molecular formula is C28H22O. The first kappa shape index (κ1) is 18.6. The number of rotatable bonds is 3. The Morgan fingerprint density at radius 3 is 1.79 bits per heavy atom. The third kappa shape index (κ3) is 3.43. The average Bonchev–Trinajstić information content (AvgIpc) is 2.75. The van der Waals surface area contributed by atoms with Gasteiger partial charge in [-0.2, -0.15) is 0 Å². The number of fused-ring (bicyclic) bond motifs is 3. The Kier molecular flexibility index (Phi) is 4.97. The molecule has 1 heteroatoms. The third-order valence-electron chi connectivity index (χ3n) is 5.22. The van der Waals surface area contributed by atoms with Crippen molar-refractivity contribution in [2.24, 2.45) is 0 Å².